The van der Waals surface area contributed by atoms with E-state index >= 15 is 0 Å². The third-order valence-electron chi connectivity index (χ3n) is 3.04. The van der Waals surface area contributed by atoms with Crippen molar-refractivity contribution in [3.05, 3.63) is 17.6 Å². The Balaban J connectivity index is 1.87. The van der Waals surface area contributed by atoms with Crippen LogP contribution in [0.4, 0.5) is 0 Å². The van der Waals surface area contributed by atoms with Crippen LogP contribution >= 0.6 is 0 Å². The van der Waals surface area contributed by atoms with Gasteiger partial charge in [0.1, 0.15) is 0 Å². The highest BCUT2D eigenvalue weighted by Crippen LogP contribution is 2.11. The minimum atomic E-state index is 0.621. The number of nitrogens with zero attached hydrogens (tertiary/aromatic N) is 3. The standard InChI is InChI=1S/C12H20N4O/c1-10-12(17-2)14-9-11(15-10)3-6-16-7-4-13-5-8-16/h9,13H,3-8H2,1-2H3. The summed E-state index contributed by atoms with van der Waals surface area (Å²) in [4.78, 5) is 11.2. The number of piperazine rings is 1. The summed E-state index contributed by atoms with van der Waals surface area (Å²) >= 11 is 0. The Hall–Kier alpha value is -1.20. The van der Waals surface area contributed by atoms with Crippen LogP contribution in [-0.4, -0.2) is 54.7 Å². The van der Waals surface area contributed by atoms with Gasteiger partial charge in [-0.3, -0.25) is 4.98 Å². The summed E-state index contributed by atoms with van der Waals surface area (Å²) in [5, 5.41) is 3.35. The molecule has 0 aromatic carbocycles. The van der Waals surface area contributed by atoms with Gasteiger partial charge in [-0.05, 0) is 6.92 Å². The molecular weight excluding hydrogens is 216 g/mol. The summed E-state index contributed by atoms with van der Waals surface area (Å²) in [6.07, 6.45) is 2.77. The number of hydrogen-bond acceptors (Lipinski definition) is 5. The Labute approximate surface area is 102 Å². The molecule has 5 nitrogen and oxygen atoms in total. The molecule has 2 rings (SSSR count). The Bertz CT molecular complexity index is 364. The zero-order valence-corrected chi connectivity index (χ0v) is 10.6. The van der Waals surface area contributed by atoms with E-state index < -0.39 is 0 Å². The van der Waals surface area contributed by atoms with Gasteiger partial charge in [0.05, 0.1) is 24.7 Å². The van der Waals surface area contributed by atoms with Crippen LogP contribution in [0.5, 0.6) is 5.88 Å². The van der Waals surface area contributed by atoms with Crippen LogP contribution < -0.4 is 10.1 Å². The van der Waals surface area contributed by atoms with Gasteiger partial charge in [-0.25, -0.2) is 4.98 Å². The molecule has 1 aromatic heterocycles. The van der Waals surface area contributed by atoms with Gasteiger partial charge in [0, 0.05) is 39.1 Å². The number of rotatable bonds is 4. The fourth-order valence-electron chi connectivity index (χ4n) is 2.05. The third-order valence-corrected chi connectivity index (χ3v) is 3.04. The van der Waals surface area contributed by atoms with E-state index in [0.29, 0.717) is 5.88 Å². The molecule has 0 radical (unpaired) electrons. The molecule has 94 valence electrons. The van der Waals surface area contributed by atoms with Gasteiger partial charge >= 0.3 is 0 Å². The van der Waals surface area contributed by atoms with Gasteiger partial charge in [-0.1, -0.05) is 0 Å². The second kappa shape index (κ2) is 5.93. The van der Waals surface area contributed by atoms with Gasteiger partial charge in [0.25, 0.3) is 0 Å². The van der Waals surface area contributed by atoms with Gasteiger partial charge in [-0.15, -0.1) is 0 Å². The van der Waals surface area contributed by atoms with Crippen molar-refractivity contribution in [1.29, 1.82) is 0 Å². The molecule has 0 aliphatic carbocycles. The van der Waals surface area contributed by atoms with Crippen LogP contribution in [0.25, 0.3) is 0 Å². The first-order chi connectivity index (χ1) is 8.29. The number of nitrogens with one attached hydrogen (secondary N) is 1. The minimum Gasteiger partial charge on any atom is -0.480 e. The highest BCUT2D eigenvalue weighted by atomic mass is 16.5. The van der Waals surface area contributed by atoms with E-state index in [9.17, 15) is 0 Å². The first-order valence-corrected chi connectivity index (χ1v) is 6.09. The van der Waals surface area contributed by atoms with E-state index in [1.165, 1.54) is 0 Å². The number of methoxy groups -OCH3 is 1. The lowest BCUT2D eigenvalue weighted by Gasteiger charge is -2.26. The molecule has 0 atom stereocenters. The lowest BCUT2D eigenvalue weighted by atomic mass is 10.2. The molecule has 1 fully saturated rings. The fourth-order valence-corrected chi connectivity index (χ4v) is 2.05. The van der Waals surface area contributed by atoms with Crippen LogP contribution in [-0.2, 0) is 6.42 Å². The lowest BCUT2D eigenvalue weighted by Crippen LogP contribution is -2.44. The van der Waals surface area contributed by atoms with Crippen LogP contribution in [0.2, 0.25) is 0 Å². The average molecular weight is 236 g/mol. The van der Waals surface area contributed by atoms with Crippen LogP contribution in [0.1, 0.15) is 11.4 Å². The number of aryl methyl sites for hydroxylation is 1. The largest absolute Gasteiger partial charge is 0.480 e. The first-order valence-electron chi connectivity index (χ1n) is 6.09. The van der Waals surface area contributed by atoms with E-state index in [0.717, 1.165) is 50.5 Å². The van der Waals surface area contributed by atoms with Crippen molar-refractivity contribution in [3.63, 3.8) is 0 Å². The molecule has 0 bridgehead atoms. The quantitative estimate of drug-likeness (QED) is 0.811. The van der Waals surface area contributed by atoms with E-state index in [4.69, 9.17) is 4.74 Å². The summed E-state index contributed by atoms with van der Waals surface area (Å²) in [7, 11) is 1.62. The Morgan fingerprint density at radius 1 is 1.41 bits per heavy atom. The topological polar surface area (TPSA) is 50.3 Å². The van der Waals surface area contributed by atoms with Crippen molar-refractivity contribution in [2.45, 2.75) is 13.3 Å². The maximum Gasteiger partial charge on any atom is 0.235 e. The van der Waals surface area contributed by atoms with Gasteiger partial charge in [0.15, 0.2) is 0 Å². The normalized spacial score (nSPS) is 17.1. The molecule has 1 saturated heterocycles. The SMILES string of the molecule is COc1ncc(CCN2CCNCC2)nc1C. The minimum absolute atomic E-state index is 0.621. The number of aromatic nitrogens is 2. The van der Waals surface area contributed by atoms with Crippen molar-refractivity contribution in [2.24, 2.45) is 0 Å². The zero-order valence-electron chi connectivity index (χ0n) is 10.6. The summed E-state index contributed by atoms with van der Waals surface area (Å²) in [6, 6.07) is 0. The predicted molar refractivity (Wildman–Crippen MR) is 66.3 cm³/mol. The molecule has 17 heavy (non-hydrogen) atoms. The van der Waals surface area contributed by atoms with Crippen molar-refractivity contribution in [1.82, 2.24) is 20.2 Å². The molecule has 1 aromatic rings. The monoisotopic (exact) mass is 236 g/mol. The lowest BCUT2D eigenvalue weighted by molar-refractivity contribution is 0.243. The molecule has 5 heteroatoms. The summed E-state index contributed by atoms with van der Waals surface area (Å²) < 4.78 is 5.10. The van der Waals surface area contributed by atoms with Gasteiger partial charge in [0.2, 0.25) is 5.88 Å². The van der Waals surface area contributed by atoms with Crippen molar-refractivity contribution >= 4 is 0 Å². The highest BCUT2D eigenvalue weighted by molar-refractivity contribution is 5.18. The maximum atomic E-state index is 5.10. The molecular formula is C12H20N4O. The summed E-state index contributed by atoms with van der Waals surface area (Å²) in [5.41, 5.74) is 1.91. The Kier molecular flexibility index (Phi) is 4.28. The number of hydrogen-bond donors (Lipinski definition) is 1. The van der Waals surface area contributed by atoms with Crippen molar-refractivity contribution < 1.29 is 4.74 Å². The molecule has 1 N–H and O–H groups in total. The third kappa shape index (κ3) is 3.38. The highest BCUT2D eigenvalue weighted by Gasteiger charge is 2.10. The van der Waals surface area contributed by atoms with Crippen molar-refractivity contribution in [3.8, 4) is 5.88 Å². The fraction of sp³-hybridized carbons (Fsp3) is 0.667. The Morgan fingerprint density at radius 3 is 2.82 bits per heavy atom. The van der Waals surface area contributed by atoms with Gasteiger partial charge < -0.3 is 15.0 Å². The van der Waals surface area contributed by atoms with Crippen LogP contribution in [0.3, 0.4) is 0 Å². The van der Waals surface area contributed by atoms with E-state index in [2.05, 4.69) is 20.2 Å². The first kappa shape index (κ1) is 12.3. The van der Waals surface area contributed by atoms with E-state index in [1.54, 1.807) is 7.11 Å². The van der Waals surface area contributed by atoms with E-state index in [-0.39, 0.29) is 0 Å². The van der Waals surface area contributed by atoms with Crippen LogP contribution in [0.15, 0.2) is 6.20 Å². The second-order valence-corrected chi connectivity index (χ2v) is 4.30. The van der Waals surface area contributed by atoms with E-state index in [1.807, 2.05) is 13.1 Å². The molecule has 0 spiro atoms. The maximum absolute atomic E-state index is 5.10. The molecule has 1 aliphatic rings. The second-order valence-electron chi connectivity index (χ2n) is 4.30. The summed E-state index contributed by atoms with van der Waals surface area (Å²) in [6.45, 7) is 7.42. The van der Waals surface area contributed by atoms with Crippen LogP contribution in [0, 0.1) is 6.92 Å². The average Bonchev–Trinajstić information content (AvgIpc) is 2.38. The predicted octanol–water partition coefficient (Wildman–Crippen LogP) is 0.241. The number of ether oxygens (including phenoxy) is 1. The van der Waals surface area contributed by atoms with Gasteiger partial charge in [-0.2, -0.15) is 0 Å². The molecule has 0 unspecified atom stereocenters. The molecule has 0 amide bonds. The smallest absolute Gasteiger partial charge is 0.235 e. The molecule has 2 heterocycles. The molecule has 0 saturated carbocycles. The Morgan fingerprint density at radius 2 is 2.18 bits per heavy atom. The molecule has 1 aliphatic heterocycles. The summed E-state index contributed by atoms with van der Waals surface area (Å²) in [5.74, 6) is 0.621. The van der Waals surface area contributed by atoms with Crippen molar-refractivity contribution in [2.75, 3.05) is 39.8 Å². The zero-order chi connectivity index (χ0) is 12.1.